The van der Waals surface area contributed by atoms with Crippen LogP contribution in [0.15, 0.2) is 30.5 Å². The van der Waals surface area contributed by atoms with E-state index in [1.807, 2.05) is 49.3 Å². The standard InChI is InChI=1S/C21H27N3O2S/c1-14-8-10-17(11-9-14)18-13-24(16(3)25)20(22-18)19-7-5-6-12-23(19)21(26)15(2)27-4/h8-11,13,15,19H,5-7,12H2,1-4H3. The van der Waals surface area contributed by atoms with Crippen LogP contribution in [-0.2, 0) is 4.79 Å². The molecule has 1 aliphatic heterocycles. The van der Waals surface area contributed by atoms with E-state index in [0.717, 1.165) is 37.1 Å². The molecule has 1 aromatic carbocycles. The van der Waals surface area contributed by atoms with Crippen molar-refractivity contribution in [3.63, 3.8) is 0 Å². The molecule has 6 heteroatoms. The van der Waals surface area contributed by atoms with E-state index in [1.165, 1.54) is 5.56 Å². The molecule has 3 rings (SSSR count). The zero-order chi connectivity index (χ0) is 19.6. The number of hydrogen-bond acceptors (Lipinski definition) is 4. The van der Waals surface area contributed by atoms with Gasteiger partial charge in [-0.3, -0.25) is 14.2 Å². The first-order valence-electron chi connectivity index (χ1n) is 9.43. The number of carbonyl (C=O) groups excluding carboxylic acids is 2. The molecule has 0 aliphatic carbocycles. The van der Waals surface area contributed by atoms with Crippen LogP contribution in [0.1, 0.15) is 55.3 Å². The Kier molecular flexibility index (Phi) is 6.05. The lowest BCUT2D eigenvalue weighted by atomic mass is 10.0. The normalized spacial score (nSPS) is 18.4. The van der Waals surface area contributed by atoms with Crippen molar-refractivity contribution in [3.8, 4) is 11.3 Å². The fourth-order valence-electron chi connectivity index (χ4n) is 3.54. The highest BCUT2D eigenvalue weighted by Gasteiger charge is 2.34. The van der Waals surface area contributed by atoms with Crippen molar-refractivity contribution in [2.24, 2.45) is 0 Å². The number of piperidine rings is 1. The zero-order valence-electron chi connectivity index (χ0n) is 16.4. The Bertz CT molecular complexity index is 828. The molecular weight excluding hydrogens is 358 g/mol. The van der Waals surface area contributed by atoms with Gasteiger partial charge in [-0.25, -0.2) is 4.98 Å². The highest BCUT2D eigenvalue weighted by atomic mass is 32.2. The summed E-state index contributed by atoms with van der Waals surface area (Å²) >= 11 is 1.55. The van der Waals surface area contributed by atoms with Gasteiger partial charge in [0.05, 0.1) is 17.0 Å². The number of amides is 1. The Morgan fingerprint density at radius 1 is 1.22 bits per heavy atom. The number of benzene rings is 1. The lowest BCUT2D eigenvalue weighted by Crippen LogP contribution is -2.43. The Labute approximate surface area is 165 Å². The molecule has 1 aliphatic rings. The van der Waals surface area contributed by atoms with E-state index in [2.05, 4.69) is 0 Å². The van der Waals surface area contributed by atoms with Crippen molar-refractivity contribution in [3.05, 3.63) is 41.9 Å². The van der Waals surface area contributed by atoms with Crippen LogP contribution in [0.25, 0.3) is 11.3 Å². The third-order valence-electron chi connectivity index (χ3n) is 5.21. The van der Waals surface area contributed by atoms with Gasteiger partial charge in [0.25, 0.3) is 0 Å². The summed E-state index contributed by atoms with van der Waals surface area (Å²) in [7, 11) is 0. The molecule has 1 aromatic heterocycles. The molecule has 0 spiro atoms. The largest absolute Gasteiger partial charge is 0.332 e. The number of nitrogens with zero attached hydrogens (tertiary/aromatic N) is 3. The Hall–Kier alpha value is -2.08. The number of aromatic nitrogens is 2. The number of hydrogen-bond donors (Lipinski definition) is 0. The third-order valence-corrected chi connectivity index (χ3v) is 6.11. The number of aryl methyl sites for hydroxylation is 1. The summed E-state index contributed by atoms with van der Waals surface area (Å²) < 4.78 is 1.62. The molecule has 0 bridgehead atoms. The number of likely N-dealkylation sites (tertiary alicyclic amines) is 1. The molecule has 27 heavy (non-hydrogen) atoms. The lowest BCUT2D eigenvalue weighted by Gasteiger charge is -2.36. The van der Waals surface area contributed by atoms with Crippen LogP contribution in [0, 0.1) is 6.92 Å². The minimum Gasteiger partial charge on any atom is -0.332 e. The second-order valence-electron chi connectivity index (χ2n) is 7.16. The maximum absolute atomic E-state index is 12.9. The molecular formula is C21H27N3O2S. The highest BCUT2D eigenvalue weighted by Crippen LogP contribution is 2.33. The summed E-state index contributed by atoms with van der Waals surface area (Å²) in [6, 6.07) is 7.97. The van der Waals surface area contributed by atoms with E-state index in [4.69, 9.17) is 4.98 Å². The molecule has 2 heterocycles. The van der Waals surface area contributed by atoms with Gasteiger partial charge in [-0.2, -0.15) is 11.8 Å². The van der Waals surface area contributed by atoms with Crippen LogP contribution in [0.3, 0.4) is 0 Å². The Morgan fingerprint density at radius 2 is 1.93 bits per heavy atom. The van der Waals surface area contributed by atoms with Gasteiger partial charge >= 0.3 is 0 Å². The Morgan fingerprint density at radius 3 is 2.56 bits per heavy atom. The van der Waals surface area contributed by atoms with Crippen molar-refractivity contribution >= 4 is 23.6 Å². The van der Waals surface area contributed by atoms with Gasteiger partial charge in [0.15, 0.2) is 0 Å². The summed E-state index contributed by atoms with van der Waals surface area (Å²) in [5, 5.41) is -0.0945. The van der Waals surface area contributed by atoms with Gasteiger partial charge in [0, 0.05) is 25.2 Å². The van der Waals surface area contributed by atoms with Gasteiger partial charge in [-0.05, 0) is 39.4 Å². The van der Waals surface area contributed by atoms with Gasteiger partial charge < -0.3 is 4.90 Å². The summed E-state index contributed by atoms with van der Waals surface area (Å²) in [4.78, 5) is 31.9. The average Bonchev–Trinajstić information content (AvgIpc) is 3.13. The molecule has 0 N–H and O–H groups in total. The molecule has 0 saturated carbocycles. The Balaban J connectivity index is 2.01. The van der Waals surface area contributed by atoms with Gasteiger partial charge in [-0.15, -0.1) is 0 Å². The van der Waals surface area contributed by atoms with E-state index in [9.17, 15) is 9.59 Å². The van der Waals surface area contributed by atoms with Gasteiger partial charge in [-0.1, -0.05) is 29.8 Å². The fraction of sp³-hybridized carbons (Fsp3) is 0.476. The van der Waals surface area contributed by atoms with Crippen LogP contribution >= 0.6 is 11.8 Å². The zero-order valence-corrected chi connectivity index (χ0v) is 17.3. The van der Waals surface area contributed by atoms with Crippen molar-refractivity contribution < 1.29 is 9.59 Å². The minimum atomic E-state index is -0.149. The van der Waals surface area contributed by atoms with E-state index >= 15 is 0 Å². The predicted molar refractivity (Wildman–Crippen MR) is 110 cm³/mol. The van der Waals surface area contributed by atoms with Crippen LogP contribution in [0.5, 0.6) is 0 Å². The summed E-state index contributed by atoms with van der Waals surface area (Å²) in [6.07, 6.45) is 6.62. The van der Waals surface area contributed by atoms with Crippen molar-refractivity contribution in [2.75, 3.05) is 12.8 Å². The van der Waals surface area contributed by atoms with E-state index < -0.39 is 0 Å². The number of carbonyl (C=O) groups is 2. The molecule has 1 amide bonds. The van der Waals surface area contributed by atoms with Crippen LogP contribution < -0.4 is 0 Å². The SMILES string of the molecule is CSC(C)C(=O)N1CCCCC1c1nc(-c2ccc(C)cc2)cn1C(C)=O. The first kappa shape index (κ1) is 19.7. The summed E-state index contributed by atoms with van der Waals surface area (Å²) in [5.41, 5.74) is 2.93. The van der Waals surface area contributed by atoms with Crippen LogP contribution in [0.4, 0.5) is 0 Å². The maximum Gasteiger partial charge on any atom is 0.236 e. The highest BCUT2D eigenvalue weighted by molar-refractivity contribution is 7.99. The molecule has 2 atom stereocenters. The second kappa shape index (κ2) is 8.30. The van der Waals surface area contributed by atoms with Crippen LogP contribution in [-0.4, -0.2) is 44.3 Å². The number of thioether (sulfide) groups is 1. The summed E-state index contributed by atoms with van der Waals surface area (Å²) in [5.74, 6) is 0.730. The number of rotatable bonds is 4. The predicted octanol–water partition coefficient (Wildman–Crippen LogP) is 4.32. The number of imidazole rings is 1. The molecule has 1 fully saturated rings. The lowest BCUT2D eigenvalue weighted by molar-refractivity contribution is -0.134. The molecule has 0 radical (unpaired) electrons. The minimum absolute atomic E-state index is 0.0771. The van der Waals surface area contributed by atoms with Crippen molar-refractivity contribution in [2.45, 2.75) is 51.3 Å². The van der Waals surface area contributed by atoms with Crippen molar-refractivity contribution in [1.82, 2.24) is 14.5 Å². The molecule has 5 nitrogen and oxygen atoms in total. The average molecular weight is 386 g/mol. The second-order valence-corrected chi connectivity index (χ2v) is 8.34. The first-order valence-corrected chi connectivity index (χ1v) is 10.7. The first-order chi connectivity index (χ1) is 12.9. The monoisotopic (exact) mass is 385 g/mol. The summed E-state index contributed by atoms with van der Waals surface area (Å²) in [6.45, 7) is 6.25. The molecule has 2 aromatic rings. The van der Waals surface area contributed by atoms with Crippen molar-refractivity contribution in [1.29, 1.82) is 0 Å². The van der Waals surface area contributed by atoms with Gasteiger partial charge in [0.2, 0.25) is 11.8 Å². The fourth-order valence-corrected chi connectivity index (χ4v) is 3.88. The molecule has 144 valence electrons. The molecule has 2 unspecified atom stereocenters. The topological polar surface area (TPSA) is 55.2 Å². The van der Waals surface area contributed by atoms with Crippen LogP contribution in [0.2, 0.25) is 0 Å². The maximum atomic E-state index is 12.9. The van der Waals surface area contributed by atoms with E-state index in [-0.39, 0.29) is 23.1 Å². The quantitative estimate of drug-likeness (QED) is 0.786. The van der Waals surface area contributed by atoms with E-state index in [1.54, 1.807) is 29.4 Å². The van der Waals surface area contributed by atoms with Gasteiger partial charge in [0.1, 0.15) is 5.82 Å². The van der Waals surface area contributed by atoms with E-state index in [0.29, 0.717) is 5.82 Å². The smallest absolute Gasteiger partial charge is 0.236 e. The third kappa shape index (κ3) is 4.10. The molecule has 1 saturated heterocycles.